The molecule has 0 radical (unpaired) electrons. The van der Waals surface area contributed by atoms with Crippen LogP contribution in [0.3, 0.4) is 0 Å². The second kappa shape index (κ2) is 8.39. The number of hydrogen-bond donors (Lipinski definition) is 2. The number of ether oxygens (including phenoxy) is 2. The lowest BCUT2D eigenvalue weighted by Gasteiger charge is -2.18. The van der Waals surface area contributed by atoms with Crippen LogP contribution in [0.4, 0.5) is 5.69 Å². The van der Waals surface area contributed by atoms with Crippen LogP contribution in [-0.4, -0.2) is 44.5 Å². The van der Waals surface area contributed by atoms with E-state index in [4.69, 9.17) is 9.47 Å². The SMILES string of the molecule is Cc1nn2c(=O)[nH]c(SCC(=O)Nc3ccc4c(c3)OCCO4)nc2c1-c1ccccc1. The smallest absolute Gasteiger partial charge is 0.350 e. The number of thioether (sulfide) groups is 1. The van der Waals surface area contributed by atoms with Crippen molar-refractivity contribution in [1.82, 2.24) is 19.6 Å². The Morgan fingerprint density at radius 2 is 1.94 bits per heavy atom. The third-order valence-electron chi connectivity index (χ3n) is 4.88. The van der Waals surface area contributed by atoms with Crippen molar-refractivity contribution in [3.8, 4) is 22.6 Å². The first-order valence-electron chi connectivity index (χ1n) is 9.96. The zero-order chi connectivity index (χ0) is 22.1. The Morgan fingerprint density at radius 1 is 1.16 bits per heavy atom. The Bertz CT molecular complexity index is 1370. The molecule has 5 rings (SSSR count). The first-order valence-corrected chi connectivity index (χ1v) is 10.9. The van der Waals surface area contributed by atoms with E-state index in [1.807, 2.05) is 37.3 Å². The molecule has 0 saturated heterocycles. The molecule has 0 unspecified atom stereocenters. The van der Waals surface area contributed by atoms with Gasteiger partial charge in [-0.25, -0.2) is 9.78 Å². The molecular formula is C22H19N5O4S. The zero-order valence-electron chi connectivity index (χ0n) is 17.1. The molecule has 1 aliphatic heterocycles. The van der Waals surface area contributed by atoms with Crippen molar-refractivity contribution in [2.75, 3.05) is 24.3 Å². The number of benzene rings is 2. The van der Waals surface area contributed by atoms with Crippen molar-refractivity contribution < 1.29 is 14.3 Å². The number of rotatable bonds is 5. The van der Waals surface area contributed by atoms with Gasteiger partial charge in [0.25, 0.3) is 0 Å². The second-order valence-corrected chi connectivity index (χ2v) is 8.07. The summed E-state index contributed by atoms with van der Waals surface area (Å²) in [5, 5.41) is 7.48. The molecule has 10 heteroatoms. The molecule has 9 nitrogen and oxygen atoms in total. The van der Waals surface area contributed by atoms with Crippen LogP contribution in [0.1, 0.15) is 5.69 Å². The summed E-state index contributed by atoms with van der Waals surface area (Å²) in [7, 11) is 0. The van der Waals surface area contributed by atoms with Crippen LogP contribution in [0.25, 0.3) is 16.8 Å². The molecule has 0 saturated carbocycles. The molecular weight excluding hydrogens is 430 g/mol. The highest BCUT2D eigenvalue weighted by atomic mass is 32.2. The summed E-state index contributed by atoms with van der Waals surface area (Å²) in [5.41, 5.74) is 3.06. The van der Waals surface area contributed by atoms with E-state index in [1.54, 1.807) is 18.2 Å². The van der Waals surface area contributed by atoms with E-state index in [0.717, 1.165) is 22.9 Å². The lowest BCUT2D eigenvalue weighted by Crippen LogP contribution is -2.20. The summed E-state index contributed by atoms with van der Waals surface area (Å²) in [6.45, 7) is 2.82. The monoisotopic (exact) mass is 449 g/mol. The highest BCUT2D eigenvalue weighted by Gasteiger charge is 2.17. The fourth-order valence-electron chi connectivity index (χ4n) is 3.49. The lowest BCUT2D eigenvalue weighted by molar-refractivity contribution is -0.113. The Labute approximate surface area is 186 Å². The number of anilines is 1. The first-order chi connectivity index (χ1) is 15.6. The maximum absolute atomic E-state index is 12.5. The number of carbonyl (C=O) groups is 1. The average molecular weight is 449 g/mol. The molecule has 2 aromatic carbocycles. The van der Waals surface area contributed by atoms with E-state index in [-0.39, 0.29) is 11.7 Å². The Balaban J connectivity index is 1.34. The van der Waals surface area contributed by atoms with Crippen molar-refractivity contribution in [2.45, 2.75) is 12.1 Å². The average Bonchev–Trinajstić information content (AvgIpc) is 3.14. The number of nitrogens with one attached hydrogen (secondary N) is 2. The third-order valence-corrected chi connectivity index (χ3v) is 5.75. The molecule has 4 aromatic rings. The van der Waals surface area contributed by atoms with Gasteiger partial charge in [0, 0.05) is 17.3 Å². The maximum Gasteiger partial charge on any atom is 0.350 e. The number of aryl methyl sites for hydroxylation is 1. The van der Waals surface area contributed by atoms with Crippen LogP contribution in [0.2, 0.25) is 0 Å². The Morgan fingerprint density at radius 3 is 2.75 bits per heavy atom. The molecule has 2 N–H and O–H groups in total. The number of carbonyl (C=O) groups excluding carboxylic acids is 1. The lowest BCUT2D eigenvalue weighted by atomic mass is 10.1. The van der Waals surface area contributed by atoms with Crippen LogP contribution in [0.15, 0.2) is 58.5 Å². The predicted octanol–water partition coefficient (Wildman–Crippen LogP) is 2.90. The van der Waals surface area contributed by atoms with E-state index in [1.165, 1.54) is 4.52 Å². The minimum atomic E-state index is -0.407. The molecule has 0 fully saturated rings. The topological polar surface area (TPSA) is 111 Å². The number of aromatic amines is 1. The number of hydrogen-bond acceptors (Lipinski definition) is 7. The van der Waals surface area contributed by atoms with Crippen molar-refractivity contribution in [3.05, 3.63) is 64.7 Å². The normalized spacial score (nSPS) is 12.7. The summed E-state index contributed by atoms with van der Waals surface area (Å²) in [6.07, 6.45) is 0. The van der Waals surface area contributed by atoms with Gasteiger partial charge >= 0.3 is 5.69 Å². The fourth-order valence-corrected chi connectivity index (χ4v) is 4.14. The van der Waals surface area contributed by atoms with Gasteiger partial charge in [0.05, 0.1) is 11.4 Å². The summed E-state index contributed by atoms with van der Waals surface area (Å²) in [6, 6.07) is 14.9. The van der Waals surface area contributed by atoms with Gasteiger partial charge in [0.2, 0.25) is 5.91 Å². The van der Waals surface area contributed by atoms with Crippen molar-refractivity contribution in [2.24, 2.45) is 0 Å². The molecule has 162 valence electrons. The van der Waals surface area contributed by atoms with Crippen LogP contribution < -0.4 is 20.5 Å². The van der Waals surface area contributed by atoms with Crippen molar-refractivity contribution >= 4 is 29.0 Å². The standard InChI is InChI=1S/C22H19N5O4S/c1-13-19(14-5-3-2-4-6-14)20-24-21(25-22(29)27(20)26-13)32-12-18(28)23-15-7-8-16-17(11-15)31-10-9-30-16/h2-8,11H,9-10,12H2,1H3,(H,23,28)(H,24,25,29). The van der Waals surface area contributed by atoms with Gasteiger partial charge in [-0.15, -0.1) is 0 Å². The fraction of sp³-hybridized carbons (Fsp3) is 0.182. The highest BCUT2D eigenvalue weighted by molar-refractivity contribution is 7.99. The highest BCUT2D eigenvalue weighted by Crippen LogP contribution is 2.32. The van der Waals surface area contributed by atoms with Crippen LogP contribution in [0.5, 0.6) is 11.5 Å². The molecule has 0 spiro atoms. The van der Waals surface area contributed by atoms with Gasteiger partial charge in [-0.2, -0.15) is 9.61 Å². The summed E-state index contributed by atoms with van der Waals surface area (Å²) >= 11 is 1.14. The quantitative estimate of drug-likeness (QED) is 0.451. The van der Waals surface area contributed by atoms with Gasteiger partial charge in [-0.3, -0.25) is 9.78 Å². The van der Waals surface area contributed by atoms with Gasteiger partial charge in [-0.05, 0) is 24.6 Å². The van der Waals surface area contributed by atoms with E-state index >= 15 is 0 Å². The van der Waals surface area contributed by atoms with E-state index in [9.17, 15) is 9.59 Å². The van der Waals surface area contributed by atoms with Gasteiger partial charge < -0.3 is 14.8 Å². The summed E-state index contributed by atoms with van der Waals surface area (Å²) in [5.74, 6) is 1.09. The molecule has 0 bridgehead atoms. The Kier molecular flexibility index (Phi) is 5.28. The van der Waals surface area contributed by atoms with Gasteiger partial charge in [0.15, 0.2) is 22.3 Å². The Hall–Kier alpha value is -3.79. The van der Waals surface area contributed by atoms with E-state index in [2.05, 4.69) is 20.4 Å². The van der Waals surface area contributed by atoms with Crippen molar-refractivity contribution in [1.29, 1.82) is 0 Å². The predicted molar refractivity (Wildman–Crippen MR) is 121 cm³/mol. The minimum Gasteiger partial charge on any atom is -0.486 e. The number of H-pyrrole nitrogens is 1. The number of fused-ring (bicyclic) bond motifs is 2. The van der Waals surface area contributed by atoms with E-state index in [0.29, 0.717) is 46.9 Å². The minimum absolute atomic E-state index is 0.0708. The molecule has 3 heterocycles. The molecule has 0 aliphatic carbocycles. The van der Waals surface area contributed by atoms with Gasteiger partial charge in [-0.1, -0.05) is 42.1 Å². The molecule has 1 amide bonds. The molecule has 32 heavy (non-hydrogen) atoms. The van der Waals surface area contributed by atoms with Crippen LogP contribution in [0, 0.1) is 6.92 Å². The molecule has 0 atom stereocenters. The van der Waals surface area contributed by atoms with Crippen LogP contribution >= 0.6 is 11.8 Å². The van der Waals surface area contributed by atoms with Crippen LogP contribution in [-0.2, 0) is 4.79 Å². The maximum atomic E-state index is 12.5. The largest absolute Gasteiger partial charge is 0.486 e. The van der Waals surface area contributed by atoms with Gasteiger partial charge in [0.1, 0.15) is 13.2 Å². The number of aromatic nitrogens is 4. The summed E-state index contributed by atoms with van der Waals surface area (Å²) < 4.78 is 12.3. The first kappa shape index (κ1) is 20.1. The molecule has 1 aliphatic rings. The second-order valence-electron chi connectivity index (χ2n) is 7.10. The zero-order valence-corrected chi connectivity index (χ0v) is 17.9. The van der Waals surface area contributed by atoms with Crippen molar-refractivity contribution in [3.63, 3.8) is 0 Å². The van der Waals surface area contributed by atoms with E-state index < -0.39 is 5.69 Å². The summed E-state index contributed by atoms with van der Waals surface area (Å²) in [4.78, 5) is 32.2. The number of amides is 1. The molecule has 2 aromatic heterocycles. The number of nitrogens with zero attached hydrogens (tertiary/aromatic N) is 3. The third kappa shape index (κ3) is 3.92.